The summed E-state index contributed by atoms with van der Waals surface area (Å²) in [6, 6.07) is 7.82. The summed E-state index contributed by atoms with van der Waals surface area (Å²) in [6.45, 7) is 2.25. The number of benzene rings is 1. The molecule has 0 heterocycles. The van der Waals surface area contributed by atoms with Crippen molar-refractivity contribution in [2.75, 3.05) is 13.7 Å². The minimum atomic E-state index is -0.184. The van der Waals surface area contributed by atoms with E-state index >= 15 is 0 Å². The first-order valence-electron chi connectivity index (χ1n) is 6.30. The van der Waals surface area contributed by atoms with E-state index in [4.69, 9.17) is 9.47 Å². The monoisotopic (exact) mass is 246 g/mol. The van der Waals surface area contributed by atoms with E-state index in [1.54, 1.807) is 7.11 Å². The summed E-state index contributed by atoms with van der Waals surface area (Å²) in [5.41, 5.74) is 2.90. The van der Waals surface area contributed by atoms with E-state index in [1.807, 2.05) is 31.2 Å². The molecular weight excluding hydrogens is 228 g/mol. The topological polar surface area (TPSA) is 35.5 Å². The predicted octanol–water partition coefficient (Wildman–Crippen LogP) is 3.20. The zero-order valence-electron chi connectivity index (χ0n) is 10.9. The van der Waals surface area contributed by atoms with E-state index in [0.717, 1.165) is 41.7 Å². The van der Waals surface area contributed by atoms with Crippen molar-refractivity contribution in [2.45, 2.75) is 26.2 Å². The van der Waals surface area contributed by atoms with Crippen LogP contribution < -0.4 is 4.74 Å². The van der Waals surface area contributed by atoms with Crippen LogP contribution in [0.2, 0.25) is 0 Å². The van der Waals surface area contributed by atoms with Gasteiger partial charge in [0.1, 0.15) is 5.75 Å². The van der Waals surface area contributed by atoms with Gasteiger partial charge >= 0.3 is 5.97 Å². The van der Waals surface area contributed by atoms with Crippen molar-refractivity contribution >= 4 is 11.5 Å². The first-order valence-corrected chi connectivity index (χ1v) is 6.30. The zero-order chi connectivity index (χ0) is 13.0. The number of hydrogen-bond acceptors (Lipinski definition) is 3. The smallest absolute Gasteiger partial charge is 0.334 e. The van der Waals surface area contributed by atoms with Crippen molar-refractivity contribution in [1.82, 2.24) is 0 Å². The third-order valence-corrected chi connectivity index (χ3v) is 3.17. The Morgan fingerprint density at radius 1 is 1.28 bits per heavy atom. The largest absolute Gasteiger partial charge is 0.496 e. The van der Waals surface area contributed by atoms with E-state index < -0.39 is 0 Å². The molecule has 1 aromatic carbocycles. The third kappa shape index (κ3) is 2.40. The highest BCUT2D eigenvalue weighted by atomic mass is 16.5. The van der Waals surface area contributed by atoms with Gasteiger partial charge in [-0.2, -0.15) is 0 Å². The number of hydrogen-bond donors (Lipinski definition) is 0. The minimum absolute atomic E-state index is 0.184. The zero-order valence-corrected chi connectivity index (χ0v) is 10.9. The van der Waals surface area contributed by atoms with Crippen molar-refractivity contribution in [3.05, 3.63) is 35.4 Å². The maximum atomic E-state index is 11.9. The predicted molar refractivity (Wildman–Crippen MR) is 70.4 cm³/mol. The van der Waals surface area contributed by atoms with Gasteiger partial charge in [0.2, 0.25) is 0 Å². The highest BCUT2D eigenvalue weighted by Gasteiger charge is 2.24. The molecule has 0 bridgehead atoms. The SMILES string of the molecule is CCOC(=O)C1=C(c2ccccc2OC)CCC1. The van der Waals surface area contributed by atoms with Crippen LogP contribution in [0.1, 0.15) is 31.7 Å². The van der Waals surface area contributed by atoms with Gasteiger partial charge in [-0.05, 0) is 37.8 Å². The van der Waals surface area contributed by atoms with Gasteiger partial charge in [-0.15, -0.1) is 0 Å². The molecule has 3 nitrogen and oxygen atoms in total. The molecule has 96 valence electrons. The van der Waals surface area contributed by atoms with E-state index in [9.17, 15) is 4.79 Å². The molecular formula is C15H18O3. The second kappa shape index (κ2) is 5.71. The molecule has 0 unspecified atom stereocenters. The molecule has 0 aliphatic heterocycles. The normalized spacial score (nSPS) is 14.8. The maximum absolute atomic E-state index is 11.9. The number of methoxy groups -OCH3 is 1. The van der Waals surface area contributed by atoms with Crippen LogP contribution in [0.25, 0.3) is 5.57 Å². The Morgan fingerprint density at radius 2 is 2.06 bits per heavy atom. The average molecular weight is 246 g/mol. The molecule has 18 heavy (non-hydrogen) atoms. The van der Waals surface area contributed by atoms with Crippen LogP contribution in [-0.2, 0) is 9.53 Å². The first-order chi connectivity index (χ1) is 8.77. The molecule has 1 aliphatic rings. The summed E-state index contributed by atoms with van der Waals surface area (Å²) in [6.07, 6.45) is 2.71. The molecule has 1 aromatic rings. The van der Waals surface area contributed by atoms with Crippen LogP contribution >= 0.6 is 0 Å². The highest BCUT2D eigenvalue weighted by Crippen LogP contribution is 2.38. The molecule has 3 heteroatoms. The van der Waals surface area contributed by atoms with Crippen molar-refractivity contribution in [2.24, 2.45) is 0 Å². The number of esters is 1. The Labute approximate surface area is 107 Å². The quantitative estimate of drug-likeness (QED) is 0.765. The van der Waals surface area contributed by atoms with E-state index in [2.05, 4.69) is 0 Å². The molecule has 0 fully saturated rings. The fourth-order valence-electron chi connectivity index (χ4n) is 2.38. The van der Waals surface area contributed by atoms with Gasteiger partial charge in [-0.1, -0.05) is 18.2 Å². The molecule has 1 aliphatic carbocycles. The van der Waals surface area contributed by atoms with Gasteiger partial charge in [0.05, 0.1) is 13.7 Å². The lowest BCUT2D eigenvalue weighted by atomic mass is 10.0. The minimum Gasteiger partial charge on any atom is -0.496 e. The number of para-hydroxylation sites is 1. The van der Waals surface area contributed by atoms with Crippen molar-refractivity contribution < 1.29 is 14.3 Å². The number of rotatable bonds is 4. The lowest BCUT2D eigenvalue weighted by molar-refractivity contribution is -0.138. The van der Waals surface area contributed by atoms with Crippen molar-refractivity contribution in [1.29, 1.82) is 0 Å². The van der Waals surface area contributed by atoms with Crippen LogP contribution in [0.15, 0.2) is 29.8 Å². The standard InChI is InChI=1S/C15H18O3/c1-3-18-15(16)13-9-6-8-11(13)12-7-4-5-10-14(12)17-2/h4-5,7,10H,3,6,8-9H2,1-2H3. The molecule has 0 saturated heterocycles. The molecule has 0 spiro atoms. The Bertz CT molecular complexity index is 474. The molecule has 0 aromatic heterocycles. The second-order valence-electron chi connectivity index (χ2n) is 4.23. The molecule has 0 saturated carbocycles. The van der Waals surface area contributed by atoms with Crippen LogP contribution in [0.5, 0.6) is 5.75 Å². The maximum Gasteiger partial charge on any atom is 0.334 e. The number of carbonyl (C=O) groups excluding carboxylic acids is 1. The fraction of sp³-hybridized carbons (Fsp3) is 0.400. The van der Waals surface area contributed by atoms with Gasteiger partial charge in [0, 0.05) is 11.1 Å². The lowest BCUT2D eigenvalue weighted by Crippen LogP contribution is -2.07. The first kappa shape index (κ1) is 12.7. The molecule has 0 amide bonds. The Morgan fingerprint density at radius 3 is 2.78 bits per heavy atom. The van der Waals surface area contributed by atoms with Gasteiger partial charge in [-0.25, -0.2) is 4.79 Å². The molecule has 0 atom stereocenters. The number of allylic oxidation sites excluding steroid dienone is 1. The van der Waals surface area contributed by atoms with Gasteiger partial charge < -0.3 is 9.47 Å². The van der Waals surface area contributed by atoms with E-state index in [1.165, 1.54) is 0 Å². The third-order valence-electron chi connectivity index (χ3n) is 3.17. The average Bonchev–Trinajstić information content (AvgIpc) is 2.88. The summed E-state index contributed by atoms with van der Waals surface area (Å²) >= 11 is 0. The van der Waals surface area contributed by atoms with Crippen molar-refractivity contribution in [3.63, 3.8) is 0 Å². The number of carbonyl (C=O) groups is 1. The Balaban J connectivity index is 2.40. The van der Waals surface area contributed by atoms with Gasteiger partial charge in [0.25, 0.3) is 0 Å². The summed E-state index contributed by atoms with van der Waals surface area (Å²) in [5, 5.41) is 0. The van der Waals surface area contributed by atoms with Crippen LogP contribution in [0, 0.1) is 0 Å². The van der Waals surface area contributed by atoms with E-state index in [0.29, 0.717) is 6.61 Å². The fourth-order valence-corrected chi connectivity index (χ4v) is 2.38. The van der Waals surface area contributed by atoms with Crippen molar-refractivity contribution in [3.8, 4) is 5.75 Å². The number of ether oxygens (including phenoxy) is 2. The molecule has 0 radical (unpaired) electrons. The summed E-state index contributed by atoms with van der Waals surface area (Å²) < 4.78 is 10.5. The van der Waals surface area contributed by atoms with Gasteiger partial charge in [-0.3, -0.25) is 0 Å². The van der Waals surface area contributed by atoms with Crippen LogP contribution in [0.3, 0.4) is 0 Å². The van der Waals surface area contributed by atoms with Gasteiger partial charge in [0.15, 0.2) is 0 Å². The summed E-state index contributed by atoms with van der Waals surface area (Å²) in [4.78, 5) is 11.9. The Kier molecular flexibility index (Phi) is 4.03. The second-order valence-corrected chi connectivity index (χ2v) is 4.23. The Hall–Kier alpha value is -1.77. The van der Waals surface area contributed by atoms with Crippen LogP contribution in [0.4, 0.5) is 0 Å². The van der Waals surface area contributed by atoms with E-state index in [-0.39, 0.29) is 5.97 Å². The summed E-state index contributed by atoms with van der Waals surface area (Å²) in [7, 11) is 1.65. The molecule has 2 rings (SSSR count). The lowest BCUT2D eigenvalue weighted by Gasteiger charge is -2.11. The summed E-state index contributed by atoms with van der Waals surface area (Å²) in [5.74, 6) is 0.632. The highest BCUT2D eigenvalue weighted by molar-refractivity contribution is 5.99. The molecule has 0 N–H and O–H groups in total. The van der Waals surface area contributed by atoms with Crippen LogP contribution in [-0.4, -0.2) is 19.7 Å².